The Labute approximate surface area is 127 Å². The van der Waals surface area contributed by atoms with E-state index in [1.54, 1.807) is 6.92 Å². The minimum absolute atomic E-state index is 0.312. The third-order valence-electron chi connectivity index (χ3n) is 2.99. The maximum Gasteiger partial charge on any atom is 0.374 e. The van der Waals surface area contributed by atoms with Gasteiger partial charge in [-0.3, -0.25) is 0 Å². The second-order valence-electron chi connectivity index (χ2n) is 4.46. The van der Waals surface area contributed by atoms with Gasteiger partial charge in [0.05, 0.1) is 6.61 Å². The summed E-state index contributed by atoms with van der Waals surface area (Å²) in [6.45, 7) is 2.13. The number of hydrogen-bond donors (Lipinski definition) is 0. The summed E-state index contributed by atoms with van der Waals surface area (Å²) < 4.78 is 10.9. The van der Waals surface area contributed by atoms with Gasteiger partial charge in [0.2, 0.25) is 5.76 Å². The molecule has 0 bridgehead atoms. The van der Waals surface area contributed by atoms with Gasteiger partial charge in [0.15, 0.2) is 4.67 Å². The van der Waals surface area contributed by atoms with Crippen LogP contribution in [-0.4, -0.2) is 12.6 Å². The van der Waals surface area contributed by atoms with Crippen LogP contribution < -0.4 is 0 Å². The molecule has 106 valence electrons. The summed E-state index contributed by atoms with van der Waals surface area (Å²) in [7, 11) is 0. The number of esters is 1. The van der Waals surface area contributed by atoms with Crippen LogP contribution in [0, 0.1) is 0 Å². The monoisotopic (exact) mass is 336 g/mol. The summed E-state index contributed by atoms with van der Waals surface area (Å²) in [5.41, 5.74) is 2.19. The number of halogens is 1. The van der Waals surface area contributed by atoms with Gasteiger partial charge in [0, 0.05) is 5.56 Å². The maximum absolute atomic E-state index is 11.8. The molecule has 4 heteroatoms. The van der Waals surface area contributed by atoms with Crippen molar-refractivity contribution in [2.24, 2.45) is 0 Å². The topological polar surface area (TPSA) is 39.4 Å². The van der Waals surface area contributed by atoms with Gasteiger partial charge in [-0.05, 0) is 53.7 Å². The highest BCUT2D eigenvalue weighted by atomic mass is 79.9. The molecule has 0 radical (unpaired) electrons. The lowest BCUT2D eigenvalue weighted by Gasteiger charge is -2.03. The fourth-order valence-corrected chi connectivity index (χ4v) is 2.52. The normalized spacial score (nSPS) is 10.5. The van der Waals surface area contributed by atoms with E-state index in [1.165, 1.54) is 5.56 Å². The molecule has 0 fully saturated rings. The Morgan fingerprint density at radius 2 is 2.00 bits per heavy atom. The minimum Gasteiger partial charge on any atom is -0.460 e. The second kappa shape index (κ2) is 7.29. The first-order chi connectivity index (χ1) is 9.70. The number of rotatable bonds is 6. The molecule has 0 aliphatic rings. The number of carbonyl (C=O) groups excluding carboxylic acids is 1. The Kier molecular flexibility index (Phi) is 5.41. The van der Waals surface area contributed by atoms with Gasteiger partial charge in [0.25, 0.3) is 0 Å². The summed E-state index contributed by atoms with van der Waals surface area (Å²) >= 11 is 3.26. The Balaban J connectivity index is 1.97. The predicted octanol–water partition coefficient (Wildman–Crippen LogP) is 4.39. The number of hydrogen-bond acceptors (Lipinski definition) is 3. The van der Waals surface area contributed by atoms with Crippen LogP contribution in [0.25, 0.3) is 0 Å². The van der Waals surface area contributed by atoms with E-state index in [0.717, 1.165) is 24.8 Å². The van der Waals surface area contributed by atoms with Crippen LogP contribution >= 0.6 is 15.9 Å². The van der Waals surface area contributed by atoms with Crippen molar-refractivity contribution >= 4 is 21.9 Å². The van der Waals surface area contributed by atoms with Gasteiger partial charge in [-0.2, -0.15) is 0 Å². The SMILES string of the molecule is CCOC(=O)c1oc(Br)cc1CCCc1ccccc1. The molecule has 1 heterocycles. The number of carbonyl (C=O) groups is 1. The Morgan fingerprint density at radius 1 is 1.25 bits per heavy atom. The van der Waals surface area contributed by atoms with Crippen LogP contribution in [0.1, 0.15) is 35.0 Å². The average Bonchev–Trinajstić information content (AvgIpc) is 2.81. The second-order valence-corrected chi connectivity index (χ2v) is 5.25. The fourth-order valence-electron chi connectivity index (χ4n) is 2.08. The summed E-state index contributed by atoms with van der Waals surface area (Å²) in [4.78, 5) is 11.8. The molecule has 20 heavy (non-hydrogen) atoms. The molecule has 1 aromatic carbocycles. The van der Waals surface area contributed by atoms with Crippen molar-refractivity contribution in [2.45, 2.75) is 26.2 Å². The first-order valence-electron chi connectivity index (χ1n) is 6.70. The Morgan fingerprint density at radius 3 is 2.70 bits per heavy atom. The summed E-state index contributed by atoms with van der Waals surface area (Å²) in [6.07, 6.45) is 2.73. The molecule has 0 N–H and O–H groups in total. The molecule has 1 aromatic heterocycles. The van der Waals surface area contributed by atoms with Gasteiger partial charge in [-0.1, -0.05) is 30.3 Å². The van der Waals surface area contributed by atoms with E-state index in [-0.39, 0.29) is 0 Å². The zero-order valence-corrected chi connectivity index (χ0v) is 13.0. The molecule has 0 atom stereocenters. The van der Waals surface area contributed by atoms with Crippen molar-refractivity contribution < 1.29 is 13.9 Å². The zero-order valence-electron chi connectivity index (χ0n) is 11.4. The number of benzene rings is 1. The molecule has 2 aromatic rings. The molecule has 0 amide bonds. The minimum atomic E-state index is -0.395. The smallest absolute Gasteiger partial charge is 0.374 e. The van der Waals surface area contributed by atoms with Gasteiger partial charge >= 0.3 is 5.97 Å². The summed E-state index contributed by atoms with van der Waals surface area (Å²) in [6, 6.07) is 12.1. The van der Waals surface area contributed by atoms with Crippen LogP contribution in [0.5, 0.6) is 0 Å². The van der Waals surface area contributed by atoms with E-state index in [9.17, 15) is 4.79 Å². The lowest BCUT2D eigenvalue weighted by atomic mass is 10.0. The van der Waals surface area contributed by atoms with Crippen molar-refractivity contribution in [3.05, 3.63) is 58.0 Å². The molecule has 0 aliphatic heterocycles. The van der Waals surface area contributed by atoms with Crippen LogP contribution in [0.3, 0.4) is 0 Å². The van der Waals surface area contributed by atoms with E-state index in [4.69, 9.17) is 9.15 Å². The van der Waals surface area contributed by atoms with Crippen molar-refractivity contribution in [1.29, 1.82) is 0 Å². The van der Waals surface area contributed by atoms with Crippen LogP contribution in [0.2, 0.25) is 0 Å². The molecular formula is C16H17BrO3. The Hall–Kier alpha value is -1.55. The molecule has 0 saturated heterocycles. The third kappa shape index (κ3) is 3.97. The van der Waals surface area contributed by atoms with Crippen molar-refractivity contribution in [1.82, 2.24) is 0 Å². The molecule has 0 spiro atoms. The summed E-state index contributed by atoms with van der Waals surface area (Å²) in [5, 5.41) is 0. The van der Waals surface area contributed by atoms with Crippen LogP contribution in [0.15, 0.2) is 45.5 Å². The van der Waals surface area contributed by atoms with Crippen LogP contribution in [-0.2, 0) is 17.6 Å². The number of aryl methyl sites for hydroxylation is 2. The number of furan rings is 1. The van der Waals surface area contributed by atoms with Crippen molar-refractivity contribution in [3.63, 3.8) is 0 Å². The quantitative estimate of drug-likeness (QED) is 0.734. The highest BCUT2D eigenvalue weighted by Crippen LogP contribution is 2.23. The number of ether oxygens (including phenoxy) is 1. The largest absolute Gasteiger partial charge is 0.460 e. The average molecular weight is 337 g/mol. The predicted molar refractivity (Wildman–Crippen MR) is 80.8 cm³/mol. The lowest BCUT2D eigenvalue weighted by Crippen LogP contribution is -2.06. The first-order valence-corrected chi connectivity index (χ1v) is 7.49. The summed E-state index contributed by atoms with van der Waals surface area (Å²) in [5.74, 6) is -0.0836. The Bertz CT molecular complexity index is 560. The highest BCUT2D eigenvalue weighted by Gasteiger charge is 2.18. The maximum atomic E-state index is 11.8. The molecule has 2 rings (SSSR count). The first kappa shape index (κ1) is 14.9. The standard InChI is InChI=1S/C16H17BrO3/c1-2-19-16(18)15-13(11-14(17)20-15)10-6-9-12-7-4-3-5-8-12/h3-5,7-8,11H,2,6,9-10H2,1H3. The van der Waals surface area contributed by atoms with E-state index in [2.05, 4.69) is 28.1 Å². The molecule has 0 aliphatic carbocycles. The van der Waals surface area contributed by atoms with E-state index >= 15 is 0 Å². The van der Waals surface area contributed by atoms with Crippen molar-refractivity contribution in [3.8, 4) is 0 Å². The van der Waals surface area contributed by atoms with Gasteiger partial charge in [0.1, 0.15) is 0 Å². The van der Waals surface area contributed by atoms with Gasteiger partial charge in [-0.25, -0.2) is 4.79 Å². The van der Waals surface area contributed by atoms with Gasteiger partial charge < -0.3 is 9.15 Å². The van der Waals surface area contributed by atoms with E-state index < -0.39 is 5.97 Å². The highest BCUT2D eigenvalue weighted by molar-refractivity contribution is 9.10. The third-order valence-corrected chi connectivity index (χ3v) is 3.38. The van der Waals surface area contributed by atoms with Gasteiger partial charge in [-0.15, -0.1) is 0 Å². The van der Waals surface area contributed by atoms with Crippen LogP contribution in [0.4, 0.5) is 0 Å². The molecule has 3 nitrogen and oxygen atoms in total. The van der Waals surface area contributed by atoms with E-state index in [0.29, 0.717) is 17.0 Å². The molecule has 0 unspecified atom stereocenters. The lowest BCUT2D eigenvalue weighted by molar-refractivity contribution is 0.0487. The van der Waals surface area contributed by atoms with E-state index in [1.807, 2.05) is 24.3 Å². The molecule has 0 saturated carbocycles. The van der Waals surface area contributed by atoms with Crippen molar-refractivity contribution in [2.75, 3.05) is 6.61 Å². The molecular weight excluding hydrogens is 320 g/mol. The fraction of sp³-hybridized carbons (Fsp3) is 0.312. The zero-order chi connectivity index (χ0) is 14.4.